The van der Waals surface area contributed by atoms with Crippen molar-refractivity contribution >= 4 is 44.5 Å². The van der Waals surface area contributed by atoms with E-state index in [2.05, 4.69) is 0 Å². The van der Waals surface area contributed by atoms with Gasteiger partial charge in [0.05, 0.1) is 21.8 Å². The Balaban J connectivity index is 1.45. The molecule has 6 nitrogen and oxygen atoms in total. The van der Waals surface area contributed by atoms with Crippen LogP contribution < -0.4 is 9.64 Å². The number of amides is 1. The fraction of sp³-hybridized carbons (Fsp3) is 0.0882. The Labute approximate surface area is 241 Å². The highest BCUT2D eigenvalue weighted by Gasteiger charge is 2.45. The lowest BCUT2D eigenvalue weighted by molar-refractivity contribution is -0.117. The molecule has 1 N–H and O–H groups in total. The van der Waals surface area contributed by atoms with Gasteiger partial charge >= 0.3 is 0 Å². The first-order valence-corrected chi connectivity index (χ1v) is 14.0. The molecule has 1 atom stereocenters. The lowest BCUT2D eigenvalue weighted by atomic mass is 9.95. The van der Waals surface area contributed by atoms with Gasteiger partial charge in [-0.05, 0) is 72.5 Å². The number of aliphatic hydroxyl groups is 1. The Morgan fingerprint density at radius 1 is 0.927 bits per heavy atom. The van der Waals surface area contributed by atoms with Crippen molar-refractivity contribution in [3.63, 3.8) is 0 Å². The Bertz CT molecular complexity index is 1840. The van der Waals surface area contributed by atoms with Gasteiger partial charge in [0.15, 0.2) is 16.7 Å². The van der Waals surface area contributed by atoms with Crippen molar-refractivity contribution in [2.24, 2.45) is 0 Å². The van der Waals surface area contributed by atoms with E-state index in [-0.39, 0.29) is 5.57 Å². The van der Waals surface area contributed by atoms with Crippen LogP contribution in [-0.4, -0.2) is 21.8 Å². The molecule has 0 aliphatic carbocycles. The number of aromatic nitrogens is 1. The molecule has 2 heterocycles. The number of ether oxygens (including phenoxy) is 1. The van der Waals surface area contributed by atoms with E-state index in [0.717, 1.165) is 26.9 Å². The van der Waals surface area contributed by atoms with Gasteiger partial charge in [0.1, 0.15) is 11.5 Å². The largest absolute Gasteiger partial charge is 0.503 e. The summed E-state index contributed by atoms with van der Waals surface area (Å²) in [7, 11) is 0. The molecule has 1 amide bonds. The molecular weight excluding hydrogens is 532 g/mol. The summed E-state index contributed by atoms with van der Waals surface area (Å²) in [5.41, 5.74) is 4.29. The minimum atomic E-state index is -0.906. The molecule has 41 heavy (non-hydrogen) atoms. The van der Waals surface area contributed by atoms with Crippen LogP contribution in [0.25, 0.3) is 16.3 Å². The molecule has 4 aromatic carbocycles. The third kappa shape index (κ3) is 5.15. The smallest absolute Gasteiger partial charge is 0.296 e. The van der Waals surface area contributed by atoms with Crippen LogP contribution in [0.2, 0.25) is 0 Å². The Morgan fingerprint density at radius 2 is 1.63 bits per heavy atom. The van der Waals surface area contributed by atoms with Crippen LogP contribution in [0.3, 0.4) is 0 Å². The highest BCUT2D eigenvalue weighted by molar-refractivity contribution is 7.22. The predicted molar refractivity (Wildman–Crippen MR) is 162 cm³/mol. The molecule has 1 aromatic heterocycles. The first kappa shape index (κ1) is 26.2. The van der Waals surface area contributed by atoms with Crippen molar-refractivity contribution in [1.82, 2.24) is 4.98 Å². The zero-order valence-corrected chi connectivity index (χ0v) is 23.3. The zero-order valence-electron chi connectivity index (χ0n) is 22.4. The number of rotatable bonds is 7. The van der Waals surface area contributed by atoms with E-state index in [4.69, 9.17) is 9.72 Å². The predicted octanol–water partition coefficient (Wildman–Crippen LogP) is 7.89. The molecule has 0 radical (unpaired) electrons. The van der Waals surface area contributed by atoms with Crippen LogP contribution >= 0.6 is 11.3 Å². The average Bonchev–Trinajstić information content (AvgIpc) is 3.51. The van der Waals surface area contributed by atoms with Crippen LogP contribution in [0.5, 0.6) is 11.5 Å². The number of carbonyl (C=O) groups is 2. The molecule has 6 rings (SSSR count). The van der Waals surface area contributed by atoms with E-state index in [1.807, 2.05) is 98.8 Å². The third-order valence-corrected chi connectivity index (χ3v) is 7.88. The number of thiazole rings is 1. The molecule has 0 bridgehead atoms. The maximum atomic E-state index is 13.7. The van der Waals surface area contributed by atoms with E-state index in [0.29, 0.717) is 22.2 Å². The first-order valence-electron chi connectivity index (χ1n) is 13.1. The number of nitrogens with zero attached hydrogens (tertiary/aromatic N) is 2. The van der Waals surface area contributed by atoms with Crippen molar-refractivity contribution < 1.29 is 19.4 Å². The first-order chi connectivity index (χ1) is 19.9. The second kappa shape index (κ2) is 10.9. The monoisotopic (exact) mass is 558 g/mol. The van der Waals surface area contributed by atoms with E-state index in [9.17, 15) is 14.7 Å². The molecule has 1 aliphatic rings. The highest BCUT2D eigenvalue weighted by atomic mass is 32.1. The Morgan fingerprint density at radius 3 is 2.39 bits per heavy atom. The van der Waals surface area contributed by atoms with Gasteiger partial charge in [0.25, 0.3) is 5.91 Å². The number of aryl methyl sites for hydroxylation is 2. The fourth-order valence-corrected chi connectivity index (χ4v) is 6.20. The quantitative estimate of drug-likeness (QED) is 0.206. The number of hydrogen-bond acceptors (Lipinski definition) is 6. The second-order valence-electron chi connectivity index (χ2n) is 9.86. The summed E-state index contributed by atoms with van der Waals surface area (Å²) in [6.07, 6.45) is 3.06. The number of aliphatic hydroxyl groups excluding tert-OH is 1. The maximum Gasteiger partial charge on any atom is 0.296 e. The third-order valence-electron chi connectivity index (χ3n) is 6.88. The van der Waals surface area contributed by atoms with E-state index < -0.39 is 23.5 Å². The summed E-state index contributed by atoms with van der Waals surface area (Å²) in [6.45, 7) is 3.99. The molecule has 0 saturated carbocycles. The van der Waals surface area contributed by atoms with E-state index >= 15 is 0 Å². The fourth-order valence-electron chi connectivity index (χ4n) is 5.03. The molecule has 0 spiro atoms. The van der Waals surface area contributed by atoms with E-state index in [1.54, 1.807) is 18.2 Å². The zero-order chi connectivity index (χ0) is 28.5. The van der Waals surface area contributed by atoms with Crippen LogP contribution in [0.15, 0.2) is 114 Å². The summed E-state index contributed by atoms with van der Waals surface area (Å²) in [5, 5.41) is 11.5. The highest BCUT2D eigenvalue weighted by Crippen LogP contribution is 2.44. The minimum absolute atomic E-state index is 0.00815. The summed E-state index contributed by atoms with van der Waals surface area (Å²) >= 11 is 1.35. The molecule has 202 valence electrons. The number of para-hydroxylation sites is 1. The summed E-state index contributed by atoms with van der Waals surface area (Å²) in [6, 6.07) is 29.1. The van der Waals surface area contributed by atoms with Gasteiger partial charge in [-0.3, -0.25) is 14.5 Å². The molecule has 0 fully saturated rings. The van der Waals surface area contributed by atoms with Crippen LogP contribution in [0.1, 0.15) is 28.3 Å². The van der Waals surface area contributed by atoms with Gasteiger partial charge in [0.2, 0.25) is 0 Å². The number of anilines is 1. The Kier molecular flexibility index (Phi) is 6.95. The Hall–Kier alpha value is -5.01. The normalized spacial score (nSPS) is 15.3. The van der Waals surface area contributed by atoms with Gasteiger partial charge < -0.3 is 9.84 Å². The van der Waals surface area contributed by atoms with Crippen molar-refractivity contribution in [2.45, 2.75) is 19.9 Å². The summed E-state index contributed by atoms with van der Waals surface area (Å²) in [4.78, 5) is 33.5. The number of carbonyl (C=O) groups excluding carboxylic acids is 2. The van der Waals surface area contributed by atoms with Gasteiger partial charge in [0, 0.05) is 0 Å². The van der Waals surface area contributed by atoms with Crippen molar-refractivity contribution in [3.8, 4) is 11.5 Å². The molecule has 0 saturated heterocycles. The maximum absolute atomic E-state index is 13.7. The molecule has 7 heteroatoms. The van der Waals surface area contributed by atoms with Crippen LogP contribution in [0.4, 0.5) is 5.13 Å². The lowest BCUT2D eigenvalue weighted by Crippen LogP contribution is -2.30. The molecule has 5 aromatic rings. The molecule has 1 unspecified atom stereocenters. The second-order valence-corrected chi connectivity index (χ2v) is 10.9. The number of benzene rings is 4. The molecular formula is C34H26N2O4S. The van der Waals surface area contributed by atoms with Gasteiger partial charge in [-0.1, -0.05) is 84.1 Å². The van der Waals surface area contributed by atoms with Crippen molar-refractivity contribution in [3.05, 3.63) is 137 Å². The average molecular weight is 559 g/mol. The van der Waals surface area contributed by atoms with Crippen molar-refractivity contribution in [1.29, 1.82) is 0 Å². The van der Waals surface area contributed by atoms with Gasteiger partial charge in [-0.25, -0.2) is 4.98 Å². The van der Waals surface area contributed by atoms with Crippen LogP contribution in [-0.2, 0) is 9.59 Å². The standard InChI is InChI=1S/C34H26N2O4S/c1-21-18-22(2)30-28(19-21)41-34(35-30)36-31(24-12-9-15-26(20-24)40-25-13-7-4-8-14-25)29(32(38)33(36)39)27(37)17-16-23-10-5-3-6-11-23/h3-20,31,38H,1-2H3/b17-16+. The number of ketones is 1. The SMILES string of the molecule is Cc1cc(C)c2nc(N3C(=O)C(O)=C(C(=O)/C=C/c4ccccc4)C3c3cccc(Oc4ccccc4)c3)sc2c1. The van der Waals surface area contributed by atoms with Gasteiger partial charge in [-0.2, -0.15) is 0 Å². The van der Waals surface area contributed by atoms with E-state index in [1.165, 1.54) is 22.3 Å². The van der Waals surface area contributed by atoms with Gasteiger partial charge in [-0.15, -0.1) is 0 Å². The lowest BCUT2D eigenvalue weighted by Gasteiger charge is -2.24. The van der Waals surface area contributed by atoms with Crippen molar-refractivity contribution in [2.75, 3.05) is 4.90 Å². The number of hydrogen-bond donors (Lipinski definition) is 1. The number of allylic oxidation sites excluding steroid dienone is 1. The topological polar surface area (TPSA) is 79.7 Å². The summed E-state index contributed by atoms with van der Waals surface area (Å²) < 4.78 is 6.98. The summed E-state index contributed by atoms with van der Waals surface area (Å²) in [5.74, 6) is -0.528. The minimum Gasteiger partial charge on any atom is -0.503 e. The molecule has 1 aliphatic heterocycles. The number of fused-ring (bicyclic) bond motifs is 1. The van der Waals surface area contributed by atoms with Crippen LogP contribution in [0, 0.1) is 13.8 Å².